The summed E-state index contributed by atoms with van der Waals surface area (Å²) < 4.78 is 1.61. The van der Waals surface area contributed by atoms with E-state index in [2.05, 4.69) is 6.07 Å². The number of aromatic nitrogens is 2. The summed E-state index contributed by atoms with van der Waals surface area (Å²) in [6.07, 6.45) is 2.72. The quantitative estimate of drug-likeness (QED) is 0.412. The summed E-state index contributed by atoms with van der Waals surface area (Å²) in [7, 11) is 0. The minimum atomic E-state index is -0.0758. The van der Waals surface area contributed by atoms with Gasteiger partial charge in [-0.25, -0.2) is 4.98 Å². The zero-order valence-electron chi connectivity index (χ0n) is 16.7. The molecule has 31 heavy (non-hydrogen) atoms. The lowest BCUT2D eigenvalue weighted by Gasteiger charge is -2.29. The Morgan fingerprint density at radius 3 is 2.77 bits per heavy atom. The molecule has 0 saturated carbocycles. The van der Waals surface area contributed by atoms with E-state index in [1.807, 2.05) is 35.2 Å². The number of aryl methyl sites for hydroxylation is 2. The van der Waals surface area contributed by atoms with Gasteiger partial charge < -0.3 is 4.90 Å². The number of halogens is 1. The summed E-state index contributed by atoms with van der Waals surface area (Å²) >= 11 is 8.91. The van der Waals surface area contributed by atoms with Crippen molar-refractivity contribution in [2.45, 2.75) is 29.3 Å². The molecule has 1 amide bonds. The standard InChI is InChI=1S/C23H20ClN3O2S2/c24-16-7-9-17(10-8-16)27-22(29)21-18(11-13-30-21)25-23(27)31-14-20(28)26-12-3-5-15-4-1-2-6-19(15)26/h1-2,4,6-10H,3,5,11-14H2. The van der Waals surface area contributed by atoms with E-state index in [1.165, 1.54) is 17.3 Å². The average Bonchev–Trinajstić information content (AvgIpc) is 3.27. The molecule has 3 aromatic rings. The smallest absolute Gasteiger partial charge is 0.272 e. The summed E-state index contributed by atoms with van der Waals surface area (Å²) in [5.74, 6) is 1.11. The van der Waals surface area contributed by atoms with Gasteiger partial charge in [0.1, 0.15) is 0 Å². The fourth-order valence-electron chi connectivity index (χ4n) is 4.00. The van der Waals surface area contributed by atoms with Crippen LogP contribution < -0.4 is 10.5 Å². The van der Waals surface area contributed by atoms with Crippen LogP contribution in [0.4, 0.5) is 5.69 Å². The molecular weight excluding hydrogens is 450 g/mol. The Morgan fingerprint density at radius 1 is 1.13 bits per heavy atom. The van der Waals surface area contributed by atoms with Gasteiger partial charge >= 0.3 is 0 Å². The highest BCUT2D eigenvalue weighted by Gasteiger charge is 2.25. The maximum Gasteiger partial charge on any atom is 0.272 e. The number of nitrogens with zero attached hydrogens (tertiary/aromatic N) is 3. The highest BCUT2D eigenvalue weighted by molar-refractivity contribution is 8.00. The van der Waals surface area contributed by atoms with Crippen LogP contribution in [0.3, 0.4) is 0 Å². The third-order valence-electron chi connectivity index (χ3n) is 5.49. The highest BCUT2D eigenvalue weighted by Crippen LogP contribution is 2.31. The van der Waals surface area contributed by atoms with Crippen molar-refractivity contribution < 1.29 is 4.79 Å². The van der Waals surface area contributed by atoms with Gasteiger partial charge in [-0.1, -0.05) is 41.6 Å². The Balaban J connectivity index is 1.46. The monoisotopic (exact) mass is 469 g/mol. The van der Waals surface area contributed by atoms with Crippen molar-refractivity contribution in [3.8, 4) is 5.69 Å². The molecule has 8 heteroatoms. The van der Waals surface area contributed by atoms with E-state index in [0.29, 0.717) is 27.3 Å². The van der Waals surface area contributed by atoms with Crippen LogP contribution in [0.5, 0.6) is 0 Å². The fraction of sp³-hybridized carbons (Fsp3) is 0.261. The SMILES string of the molecule is O=C(CSc1nc2c(c(=O)n1-c1ccc(Cl)cc1)SCC2)N1CCCc2ccccc21. The second-order valence-electron chi connectivity index (χ2n) is 7.45. The van der Waals surface area contributed by atoms with Crippen molar-refractivity contribution in [2.75, 3.05) is 23.0 Å². The summed E-state index contributed by atoms with van der Waals surface area (Å²) in [4.78, 5) is 33.7. The zero-order chi connectivity index (χ0) is 21.4. The molecule has 0 unspecified atom stereocenters. The highest BCUT2D eigenvalue weighted by atomic mass is 35.5. The number of carbonyl (C=O) groups is 1. The van der Waals surface area contributed by atoms with Crippen LogP contribution in [-0.4, -0.2) is 33.5 Å². The Hall–Kier alpha value is -2.22. The Labute approximate surface area is 193 Å². The molecule has 0 radical (unpaired) electrons. The van der Waals surface area contributed by atoms with E-state index in [1.54, 1.807) is 28.5 Å². The number of fused-ring (bicyclic) bond motifs is 2. The molecule has 0 spiro atoms. The van der Waals surface area contributed by atoms with E-state index >= 15 is 0 Å². The molecule has 5 nitrogen and oxygen atoms in total. The molecule has 2 aromatic carbocycles. The van der Waals surface area contributed by atoms with Crippen LogP contribution >= 0.6 is 35.1 Å². The molecule has 0 fully saturated rings. The first-order valence-corrected chi connectivity index (χ1v) is 12.5. The van der Waals surface area contributed by atoms with Crippen molar-refractivity contribution in [2.24, 2.45) is 0 Å². The third-order valence-corrected chi connectivity index (χ3v) is 7.77. The lowest BCUT2D eigenvalue weighted by atomic mass is 10.0. The molecule has 0 N–H and O–H groups in total. The molecule has 2 aliphatic rings. The lowest BCUT2D eigenvalue weighted by molar-refractivity contribution is -0.116. The van der Waals surface area contributed by atoms with Gasteiger partial charge in [-0.05, 0) is 48.7 Å². The number of amides is 1. The molecule has 158 valence electrons. The van der Waals surface area contributed by atoms with E-state index in [9.17, 15) is 9.59 Å². The topological polar surface area (TPSA) is 55.2 Å². The number of hydrogen-bond acceptors (Lipinski definition) is 5. The first-order valence-electron chi connectivity index (χ1n) is 10.2. The first kappa shape index (κ1) is 20.7. The number of carbonyl (C=O) groups excluding carboxylic acids is 1. The third kappa shape index (κ3) is 4.02. The Morgan fingerprint density at radius 2 is 1.94 bits per heavy atom. The van der Waals surface area contributed by atoms with Gasteiger partial charge in [-0.2, -0.15) is 0 Å². The van der Waals surface area contributed by atoms with Crippen molar-refractivity contribution >= 4 is 46.7 Å². The number of rotatable bonds is 4. The summed E-state index contributed by atoms with van der Waals surface area (Å²) in [5, 5.41) is 1.15. The van der Waals surface area contributed by atoms with Crippen molar-refractivity contribution in [1.82, 2.24) is 9.55 Å². The Bertz CT molecular complexity index is 1210. The fourth-order valence-corrected chi connectivity index (χ4v) is 6.06. The van der Waals surface area contributed by atoms with Crippen LogP contribution in [0.15, 0.2) is 63.4 Å². The normalized spacial score (nSPS) is 14.9. The molecular formula is C23H20ClN3O2S2. The molecule has 5 rings (SSSR count). The predicted octanol–water partition coefficient (Wildman–Crippen LogP) is 4.61. The molecule has 0 bridgehead atoms. The van der Waals surface area contributed by atoms with Gasteiger partial charge in [0.25, 0.3) is 5.56 Å². The number of thioether (sulfide) groups is 2. The molecule has 0 saturated heterocycles. The largest absolute Gasteiger partial charge is 0.311 e. The lowest BCUT2D eigenvalue weighted by Crippen LogP contribution is -2.36. The van der Waals surface area contributed by atoms with Gasteiger partial charge in [-0.15, -0.1) is 11.8 Å². The van der Waals surface area contributed by atoms with Crippen molar-refractivity contribution in [3.63, 3.8) is 0 Å². The van der Waals surface area contributed by atoms with Crippen LogP contribution in [0.1, 0.15) is 17.7 Å². The molecule has 0 atom stereocenters. The van der Waals surface area contributed by atoms with E-state index in [-0.39, 0.29) is 17.2 Å². The van der Waals surface area contributed by atoms with Crippen LogP contribution in [0.2, 0.25) is 5.02 Å². The number of para-hydroxylation sites is 1. The number of anilines is 1. The zero-order valence-corrected chi connectivity index (χ0v) is 19.1. The van der Waals surface area contributed by atoms with Crippen LogP contribution in [0, 0.1) is 0 Å². The van der Waals surface area contributed by atoms with Gasteiger partial charge in [0.15, 0.2) is 5.16 Å². The minimum absolute atomic E-state index is 0.0314. The molecule has 1 aromatic heterocycles. The summed E-state index contributed by atoms with van der Waals surface area (Å²) in [5.41, 5.74) is 3.66. The maximum atomic E-state index is 13.2. The van der Waals surface area contributed by atoms with E-state index < -0.39 is 0 Å². The van der Waals surface area contributed by atoms with Crippen molar-refractivity contribution in [1.29, 1.82) is 0 Å². The summed E-state index contributed by atoms with van der Waals surface area (Å²) in [6.45, 7) is 0.717. The first-order chi connectivity index (χ1) is 15.1. The average molecular weight is 470 g/mol. The Kier molecular flexibility index (Phi) is 5.82. The maximum absolute atomic E-state index is 13.2. The van der Waals surface area contributed by atoms with E-state index in [4.69, 9.17) is 16.6 Å². The van der Waals surface area contributed by atoms with Gasteiger partial charge in [0, 0.05) is 29.4 Å². The minimum Gasteiger partial charge on any atom is -0.311 e. The van der Waals surface area contributed by atoms with Gasteiger partial charge in [0.2, 0.25) is 5.91 Å². The van der Waals surface area contributed by atoms with E-state index in [0.717, 1.165) is 36.4 Å². The number of benzene rings is 2. The van der Waals surface area contributed by atoms with Crippen LogP contribution in [-0.2, 0) is 17.6 Å². The molecule has 0 aliphatic carbocycles. The molecule has 2 aliphatic heterocycles. The van der Waals surface area contributed by atoms with Crippen LogP contribution in [0.25, 0.3) is 5.69 Å². The second-order valence-corrected chi connectivity index (χ2v) is 9.94. The number of hydrogen-bond donors (Lipinski definition) is 0. The van der Waals surface area contributed by atoms with Gasteiger partial charge in [-0.3, -0.25) is 14.2 Å². The van der Waals surface area contributed by atoms with Crippen molar-refractivity contribution in [3.05, 3.63) is 75.2 Å². The second kappa shape index (κ2) is 8.73. The predicted molar refractivity (Wildman–Crippen MR) is 127 cm³/mol. The van der Waals surface area contributed by atoms with Gasteiger partial charge in [0.05, 0.1) is 22.0 Å². The molecule has 3 heterocycles. The summed E-state index contributed by atoms with van der Waals surface area (Å²) in [6, 6.07) is 15.2.